The maximum absolute atomic E-state index is 5.54. The molecule has 2 aromatic heterocycles. The largest absolute Gasteiger partial charge is 0.488 e. The molecule has 0 aromatic carbocycles. The molecule has 1 N–H and O–H groups in total. The van der Waals surface area contributed by atoms with Gasteiger partial charge in [0.15, 0.2) is 0 Å². The quantitative estimate of drug-likeness (QED) is 0.802. The second-order valence-electron chi connectivity index (χ2n) is 3.74. The summed E-state index contributed by atoms with van der Waals surface area (Å²) in [5.74, 6) is 0.753. The van der Waals surface area contributed by atoms with E-state index in [1.165, 1.54) is 0 Å². The molecular weight excluding hydrogens is 214 g/mol. The fraction of sp³-hybridized carbons (Fsp3) is 0.231. The predicted octanol–water partition coefficient (Wildman–Crippen LogP) is 2.82. The lowest BCUT2D eigenvalue weighted by molar-refractivity contribution is 0.348. The van der Waals surface area contributed by atoms with E-state index < -0.39 is 0 Å². The van der Waals surface area contributed by atoms with Crippen molar-refractivity contribution < 1.29 is 4.74 Å². The topological polar surface area (TPSA) is 50.8 Å². The number of hydrogen-bond acceptors (Lipinski definition) is 3. The van der Waals surface area contributed by atoms with Crippen LogP contribution in [0.15, 0.2) is 42.7 Å². The van der Waals surface area contributed by atoms with Crippen LogP contribution in [0, 0.1) is 0 Å². The number of pyridine rings is 1. The number of ether oxygens (including phenoxy) is 1. The van der Waals surface area contributed by atoms with Crippen molar-refractivity contribution in [1.82, 2.24) is 15.2 Å². The van der Waals surface area contributed by atoms with Crippen molar-refractivity contribution in [1.29, 1.82) is 0 Å². The van der Waals surface area contributed by atoms with Gasteiger partial charge in [0.25, 0.3) is 0 Å². The Labute approximate surface area is 100 Å². The van der Waals surface area contributed by atoms with Crippen molar-refractivity contribution in [2.45, 2.75) is 13.3 Å². The zero-order valence-corrected chi connectivity index (χ0v) is 9.81. The molecule has 0 atom stereocenters. The van der Waals surface area contributed by atoms with Crippen LogP contribution in [0.4, 0.5) is 0 Å². The Balaban J connectivity index is 2.01. The Kier molecular flexibility index (Phi) is 3.55. The van der Waals surface area contributed by atoms with Gasteiger partial charge >= 0.3 is 0 Å². The van der Waals surface area contributed by atoms with Crippen LogP contribution in [-0.2, 0) is 0 Å². The van der Waals surface area contributed by atoms with E-state index in [2.05, 4.69) is 28.7 Å². The Morgan fingerprint density at radius 3 is 2.88 bits per heavy atom. The van der Waals surface area contributed by atoms with Gasteiger partial charge in [0.1, 0.15) is 12.4 Å². The minimum atomic E-state index is 0.543. The molecule has 0 aliphatic rings. The molecule has 0 amide bonds. The fourth-order valence-electron chi connectivity index (χ4n) is 1.31. The third kappa shape index (κ3) is 2.93. The maximum atomic E-state index is 5.54. The summed E-state index contributed by atoms with van der Waals surface area (Å²) >= 11 is 0. The van der Waals surface area contributed by atoms with Gasteiger partial charge in [0.05, 0.1) is 17.6 Å². The highest BCUT2D eigenvalue weighted by Crippen LogP contribution is 2.17. The summed E-state index contributed by atoms with van der Waals surface area (Å²) in [6.07, 6.45) is 4.34. The number of nitrogens with one attached hydrogen (secondary N) is 1. The Morgan fingerprint density at radius 2 is 2.29 bits per heavy atom. The van der Waals surface area contributed by atoms with Crippen molar-refractivity contribution in [2.24, 2.45) is 0 Å². The first-order valence-electron chi connectivity index (χ1n) is 5.55. The van der Waals surface area contributed by atoms with E-state index in [1.807, 2.05) is 18.2 Å². The van der Waals surface area contributed by atoms with E-state index >= 15 is 0 Å². The summed E-state index contributed by atoms with van der Waals surface area (Å²) in [6, 6.07) is 5.67. The molecule has 88 valence electrons. The molecule has 0 saturated heterocycles. The zero-order valence-electron chi connectivity index (χ0n) is 9.81. The number of rotatable bonds is 5. The molecule has 0 saturated carbocycles. The van der Waals surface area contributed by atoms with Crippen LogP contribution in [0.2, 0.25) is 0 Å². The smallest absolute Gasteiger partial charge is 0.138 e. The highest BCUT2D eigenvalue weighted by Gasteiger charge is 2.01. The van der Waals surface area contributed by atoms with E-state index in [1.54, 1.807) is 12.4 Å². The van der Waals surface area contributed by atoms with Crippen molar-refractivity contribution >= 4 is 0 Å². The molecule has 0 radical (unpaired) electrons. The molecule has 2 heterocycles. The molecule has 2 rings (SSSR count). The number of aromatic amines is 1. The van der Waals surface area contributed by atoms with Crippen molar-refractivity contribution in [3.63, 3.8) is 0 Å². The first kappa shape index (κ1) is 11.4. The van der Waals surface area contributed by atoms with E-state index in [0.29, 0.717) is 6.61 Å². The van der Waals surface area contributed by atoms with Gasteiger partial charge in [-0.2, -0.15) is 5.10 Å². The average molecular weight is 229 g/mol. The van der Waals surface area contributed by atoms with Crippen LogP contribution in [0.5, 0.6) is 5.75 Å². The van der Waals surface area contributed by atoms with Crippen molar-refractivity contribution in [2.75, 3.05) is 6.61 Å². The maximum Gasteiger partial charge on any atom is 0.138 e. The molecule has 4 nitrogen and oxygen atoms in total. The molecule has 4 heteroatoms. The first-order chi connectivity index (χ1) is 8.29. The van der Waals surface area contributed by atoms with Crippen LogP contribution in [-0.4, -0.2) is 21.8 Å². The lowest BCUT2D eigenvalue weighted by atomic mass is 10.2. The molecule has 0 aliphatic heterocycles. The summed E-state index contributed by atoms with van der Waals surface area (Å²) in [7, 11) is 0. The molecule has 2 aromatic rings. The van der Waals surface area contributed by atoms with Crippen LogP contribution in [0.1, 0.15) is 13.3 Å². The summed E-state index contributed by atoms with van der Waals surface area (Å²) in [5, 5.41) is 6.75. The third-order valence-corrected chi connectivity index (χ3v) is 2.46. The first-order valence-corrected chi connectivity index (χ1v) is 5.55. The highest BCUT2D eigenvalue weighted by atomic mass is 16.5. The minimum absolute atomic E-state index is 0.543. The molecule has 0 spiro atoms. The summed E-state index contributed by atoms with van der Waals surface area (Å²) in [5.41, 5.74) is 2.82. The highest BCUT2D eigenvalue weighted by molar-refractivity contribution is 5.53. The number of nitrogens with zero attached hydrogens (tertiary/aromatic N) is 2. The SMILES string of the molecule is C=C(CC)COc1ccc(-c2ccn[nH]2)nc1. The predicted molar refractivity (Wildman–Crippen MR) is 66.7 cm³/mol. The number of hydrogen-bond donors (Lipinski definition) is 1. The van der Waals surface area contributed by atoms with Crippen LogP contribution < -0.4 is 4.74 Å². The number of H-pyrrole nitrogens is 1. The van der Waals surface area contributed by atoms with Gasteiger partial charge in [-0.25, -0.2) is 0 Å². The average Bonchev–Trinajstić information content (AvgIpc) is 2.90. The Morgan fingerprint density at radius 1 is 1.41 bits per heavy atom. The second kappa shape index (κ2) is 5.30. The van der Waals surface area contributed by atoms with Crippen LogP contribution >= 0.6 is 0 Å². The van der Waals surface area contributed by atoms with E-state index in [9.17, 15) is 0 Å². The molecule has 17 heavy (non-hydrogen) atoms. The molecule has 0 fully saturated rings. The van der Waals surface area contributed by atoms with Crippen LogP contribution in [0.3, 0.4) is 0 Å². The lowest BCUT2D eigenvalue weighted by Gasteiger charge is -2.06. The Hall–Kier alpha value is -2.10. The summed E-state index contributed by atoms with van der Waals surface area (Å²) in [4.78, 5) is 4.30. The summed E-state index contributed by atoms with van der Waals surface area (Å²) in [6.45, 7) is 6.49. The van der Waals surface area contributed by atoms with Gasteiger partial charge in [-0.1, -0.05) is 13.5 Å². The van der Waals surface area contributed by atoms with Gasteiger partial charge in [-0.05, 0) is 30.2 Å². The molecule has 0 bridgehead atoms. The monoisotopic (exact) mass is 229 g/mol. The van der Waals surface area contributed by atoms with Gasteiger partial charge in [0, 0.05) is 6.20 Å². The zero-order chi connectivity index (χ0) is 12.1. The molecule has 0 aliphatic carbocycles. The Bertz CT molecular complexity index is 474. The fourth-order valence-corrected chi connectivity index (χ4v) is 1.31. The van der Waals surface area contributed by atoms with Crippen LogP contribution in [0.25, 0.3) is 11.4 Å². The summed E-state index contributed by atoms with van der Waals surface area (Å²) < 4.78 is 5.54. The standard InChI is InChI=1S/C13H15N3O/c1-3-10(2)9-17-11-4-5-12(14-8-11)13-6-7-15-16-13/h4-8H,2-3,9H2,1H3,(H,15,16). The minimum Gasteiger partial charge on any atom is -0.488 e. The van der Waals surface area contributed by atoms with Crippen molar-refractivity contribution in [3.8, 4) is 17.1 Å². The number of aromatic nitrogens is 3. The molecule has 0 unspecified atom stereocenters. The van der Waals surface area contributed by atoms with Gasteiger partial charge in [-0.15, -0.1) is 0 Å². The molecular formula is C13H15N3O. The van der Waals surface area contributed by atoms with Gasteiger partial charge < -0.3 is 4.74 Å². The van der Waals surface area contributed by atoms with E-state index in [4.69, 9.17) is 4.74 Å². The van der Waals surface area contributed by atoms with Crippen molar-refractivity contribution in [3.05, 3.63) is 42.7 Å². The second-order valence-corrected chi connectivity index (χ2v) is 3.74. The van der Waals surface area contributed by atoms with Gasteiger partial charge in [-0.3, -0.25) is 10.1 Å². The van der Waals surface area contributed by atoms with Gasteiger partial charge in [0.2, 0.25) is 0 Å². The third-order valence-electron chi connectivity index (χ3n) is 2.46. The lowest BCUT2D eigenvalue weighted by Crippen LogP contribution is -1.99. The van der Waals surface area contributed by atoms with E-state index in [-0.39, 0.29) is 0 Å². The van der Waals surface area contributed by atoms with E-state index in [0.717, 1.165) is 29.1 Å². The normalized spacial score (nSPS) is 10.2.